The molecule has 0 saturated carbocycles. The van der Waals surface area contributed by atoms with Crippen LogP contribution in [0.15, 0.2) is 35.8 Å². The number of benzene rings is 1. The zero-order valence-corrected chi connectivity index (χ0v) is 8.98. The minimum absolute atomic E-state index is 0.715. The predicted molar refractivity (Wildman–Crippen MR) is 60.9 cm³/mol. The zero-order valence-electron chi connectivity index (χ0n) is 7.40. The quantitative estimate of drug-likeness (QED) is 0.865. The van der Waals surface area contributed by atoms with Crippen molar-refractivity contribution in [3.05, 3.63) is 46.4 Å². The van der Waals surface area contributed by atoms with Crippen LogP contribution in [0.3, 0.4) is 0 Å². The molecular weight excluding hydrogens is 216 g/mol. The van der Waals surface area contributed by atoms with E-state index in [2.05, 4.69) is 10.3 Å². The summed E-state index contributed by atoms with van der Waals surface area (Å²) >= 11 is 7.59. The molecule has 0 bridgehead atoms. The number of nitrogens with zero attached hydrogens (tertiary/aromatic N) is 1. The molecule has 1 N–H and O–H groups in total. The van der Waals surface area contributed by atoms with E-state index < -0.39 is 0 Å². The van der Waals surface area contributed by atoms with Gasteiger partial charge in [-0.2, -0.15) is 0 Å². The maximum absolute atomic E-state index is 6.01. The molecule has 0 aliphatic rings. The normalized spacial score (nSPS) is 10.1. The predicted octanol–water partition coefficient (Wildman–Crippen LogP) is 3.41. The number of aromatic nitrogens is 1. The number of halogens is 1. The number of hydrogen-bond donors (Lipinski definition) is 1. The van der Waals surface area contributed by atoms with Gasteiger partial charge in [0.1, 0.15) is 0 Å². The summed E-state index contributed by atoms with van der Waals surface area (Å²) in [6.45, 7) is 0.715. The first-order chi connectivity index (χ1) is 6.86. The van der Waals surface area contributed by atoms with Crippen molar-refractivity contribution in [3.8, 4) is 0 Å². The van der Waals surface area contributed by atoms with Crippen LogP contribution in [0.25, 0.3) is 0 Å². The van der Waals surface area contributed by atoms with Gasteiger partial charge in [-0.15, -0.1) is 11.3 Å². The molecule has 14 heavy (non-hydrogen) atoms. The van der Waals surface area contributed by atoms with Crippen molar-refractivity contribution in [3.63, 3.8) is 0 Å². The summed E-state index contributed by atoms with van der Waals surface area (Å²) in [7, 11) is 0. The van der Waals surface area contributed by atoms with Gasteiger partial charge in [0.25, 0.3) is 0 Å². The monoisotopic (exact) mass is 224 g/mol. The molecule has 0 aliphatic carbocycles. The van der Waals surface area contributed by atoms with Crippen molar-refractivity contribution < 1.29 is 0 Å². The largest absolute Gasteiger partial charge is 0.357 e. The van der Waals surface area contributed by atoms with Crippen LogP contribution in [0.4, 0.5) is 5.13 Å². The Hall–Kier alpha value is -1.06. The number of rotatable bonds is 3. The highest BCUT2D eigenvalue weighted by atomic mass is 35.5. The molecule has 72 valence electrons. The average Bonchev–Trinajstić information content (AvgIpc) is 2.69. The van der Waals surface area contributed by atoms with Crippen LogP contribution >= 0.6 is 22.9 Å². The highest BCUT2D eigenvalue weighted by molar-refractivity contribution is 7.13. The zero-order chi connectivity index (χ0) is 9.80. The molecule has 0 amide bonds. The summed E-state index contributed by atoms with van der Waals surface area (Å²) in [5.41, 5.74) is 1.09. The molecule has 0 fully saturated rings. The first kappa shape index (κ1) is 9.49. The fourth-order valence-electron chi connectivity index (χ4n) is 1.12. The van der Waals surface area contributed by atoms with Gasteiger partial charge in [0.2, 0.25) is 0 Å². The molecule has 1 aromatic carbocycles. The minimum Gasteiger partial charge on any atom is -0.357 e. The van der Waals surface area contributed by atoms with E-state index in [-0.39, 0.29) is 0 Å². The SMILES string of the molecule is Clc1ccccc1CNc1nccs1. The Morgan fingerprint density at radius 2 is 2.21 bits per heavy atom. The van der Waals surface area contributed by atoms with Crippen LogP contribution in [0.2, 0.25) is 5.02 Å². The summed E-state index contributed by atoms with van der Waals surface area (Å²) in [5.74, 6) is 0. The van der Waals surface area contributed by atoms with Crippen LogP contribution in [-0.4, -0.2) is 4.98 Å². The van der Waals surface area contributed by atoms with Gasteiger partial charge in [-0.05, 0) is 11.6 Å². The standard InChI is InChI=1S/C10H9ClN2S/c11-9-4-2-1-3-8(9)7-13-10-12-5-6-14-10/h1-6H,7H2,(H,12,13). The molecule has 2 rings (SSSR count). The van der Waals surface area contributed by atoms with Gasteiger partial charge in [-0.1, -0.05) is 29.8 Å². The second-order valence-electron chi connectivity index (χ2n) is 2.78. The van der Waals surface area contributed by atoms with Crippen LogP contribution in [-0.2, 0) is 6.54 Å². The van der Waals surface area contributed by atoms with Gasteiger partial charge in [-0.3, -0.25) is 0 Å². The maximum Gasteiger partial charge on any atom is 0.182 e. The lowest BCUT2D eigenvalue weighted by Crippen LogP contribution is -1.98. The van der Waals surface area contributed by atoms with E-state index in [0.717, 1.165) is 15.7 Å². The van der Waals surface area contributed by atoms with Crippen LogP contribution < -0.4 is 5.32 Å². The third-order valence-electron chi connectivity index (χ3n) is 1.82. The molecule has 0 saturated heterocycles. The van der Waals surface area contributed by atoms with Gasteiger partial charge >= 0.3 is 0 Å². The first-order valence-corrected chi connectivity index (χ1v) is 5.49. The second kappa shape index (κ2) is 4.44. The lowest BCUT2D eigenvalue weighted by Gasteiger charge is -2.04. The molecule has 1 aromatic heterocycles. The van der Waals surface area contributed by atoms with Crippen molar-refractivity contribution in [2.45, 2.75) is 6.54 Å². The highest BCUT2D eigenvalue weighted by Gasteiger charge is 1.99. The summed E-state index contributed by atoms with van der Waals surface area (Å²) < 4.78 is 0. The maximum atomic E-state index is 6.01. The fraction of sp³-hybridized carbons (Fsp3) is 0.100. The highest BCUT2D eigenvalue weighted by Crippen LogP contribution is 2.17. The summed E-state index contributed by atoms with van der Waals surface area (Å²) in [5, 5.41) is 6.85. The smallest absolute Gasteiger partial charge is 0.182 e. The Labute approximate surface area is 91.6 Å². The third-order valence-corrected chi connectivity index (χ3v) is 2.92. The first-order valence-electron chi connectivity index (χ1n) is 4.23. The molecule has 2 nitrogen and oxygen atoms in total. The summed E-state index contributed by atoms with van der Waals surface area (Å²) in [4.78, 5) is 4.13. The Kier molecular flexibility index (Phi) is 3.01. The van der Waals surface area contributed by atoms with E-state index in [9.17, 15) is 0 Å². The second-order valence-corrected chi connectivity index (χ2v) is 4.08. The van der Waals surface area contributed by atoms with E-state index >= 15 is 0 Å². The van der Waals surface area contributed by atoms with Gasteiger partial charge in [0.05, 0.1) is 0 Å². The molecular formula is C10H9ClN2S. The van der Waals surface area contributed by atoms with Gasteiger partial charge in [-0.25, -0.2) is 4.98 Å². The van der Waals surface area contributed by atoms with E-state index in [4.69, 9.17) is 11.6 Å². The molecule has 1 heterocycles. The van der Waals surface area contributed by atoms with Crippen LogP contribution in [0.1, 0.15) is 5.56 Å². The fourth-order valence-corrected chi connectivity index (χ4v) is 1.85. The van der Waals surface area contributed by atoms with Crippen molar-refractivity contribution in [2.75, 3.05) is 5.32 Å². The molecule has 4 heteroatoms. The Balaban J connectivity index is 2.02. The number of nitrogens with one attached hydrogen (secondary N) is 1. The molecule has 0 atom stereocenters. The summed E-state index contributed by atoms with van der Waals surface area (Å²) in [6.07, 6.45) is 1.78. The topological polar surface area (TPSA) is 24.9 Å². The molecule has 0 unspecified atom stereocenters. The van der Waals surface area contributed by atoms with E-state index in [1.807, 2.05) is 29.6 Å². The number of thiazole rings is 1. The lowest BCUT2D eigenvalue weighted by molar-refractivity contribution is 1.13. The minimum atomic E-state index is 0.715. The van der Waals surface area contributed by atoms with Crippen LogP contribution in [0, 0.1) is 0 Å². The molecule has 0 aliphatic heterocycles. The van der Waals surface area contributed by atoms with E-state index in [1.54, 1.807) is 17.5 Å². The van der Waals surface area contributed by atoms with Gasteiger partial charge in [0, 0.05) is 23.1 Å². The molecule has 0 spiro atoms. The van der Waals surface area contributed by atoms with Crippen molar-refractivity contribution in [1.82, 2.24) is 4.98 Å². The van der Waals surface area contributed by atoms with Gasteiger partial charge < -0.3 is 5.32 Å². The van der Waals surface area contributed by atoms with Crippen molar-refractivity contribution in [2.24, 2.45) is 0 Å². The lowest BCUT2D eigenvalue weighted by atomic mass is 10.2. The average molecular weight is 225 g/mol. The van der Waals surface area contributed by atoms with Crippen LogP contribution in [0.5, 0.6) is 0 Å². The number of hydrogen-bond acceptors (Lipinski definition) is 3. The third kappa shape index (κ3) is 2.25. The van der Waals surface area contributed by atoms with E-state index in [0.29, 0.717) is 6.54 Å². The Morgan fingerprint density at radius 1 is 1.36 bits per heavy atom. The van der Waals surface area contributed by atoms with Crippen molar-refractivity contribution >= 4 is 28.1 Å². The van der Waals surface area contributed by atoms with Gasteiger partial charge in [0.15, 0.2) is 5.13 Å². The Bertz CT molecular complexity index is 400. The molecule has 0 radical (unpaired) electrons. The Morgan fingerprint density at radius 3 is 2.93 bits per heavy atom. The van der Waals surface area contributed by atoms with E-state index in [1.165, 1.54) is 0 Å². The summed E-state index contributed by atoms with van der Waals surface area (Å²) in [6, 6.07) is 7.79. The number of anilines is 1. The molecule has 2 aromatic rings. The van der Waals surface area contributed by atoms with Crippen molar-refractivity contribution in [1.29, 1.82) is 0 Å².